The van der Waals surface area contributed by atoms with Crippen molar-refractivity contribution >= 4 is 38.5 Å². The van der Waals surface area contributed by atoms with Crippen molar-refractivity contribution in [1.29, 1.82) is 0 Å². The number of pyridine rings is 1. The lowest BCUT2D eigenvalue weighted by Gasteiger charge is -1.98. The van der Waals surface area contributed by atoms with Gasteiger partial charge in [-0.05, 0) is 22.6 Å². The van der Waals surface area contributed by atoms with Crippen LogP contribution in [0.15, 0.2) is 12.4 Å². The van der Waals surface area contributed by atoms with Crippen LogP contribution in [0.25, 0.3) is 0 Å². The molecule has 1 rings (SSSR count). The molecule has 0 N–H and O–H groups in total. The van der Waals surface area contributed by atoms with Crippen LogP contribution in [0, 0.1) is 9.39 Å². The molecule has 0 aliphatic heterocycles. The van der Waals surface area contributed by atoms with E-state index in [1.807, 2.05) is 0 Å². The fourth-order valence-electron chi connectivity index (χ4n) is 0.566. The van der Waals surface area contributed by atoms with Gasteiger partial charge in [0, 0.05) is 20.7 Å². The zero-order valence-corrected chi connectivity index (χ0v) is 8.69. The Kier molecular flexibility index (Phi) is 3.03. The van der Waals surface area contributed by atoms with Gasteiger partial charge in [-0.2, -0.15) is 0 Å². The largest absolute Gasteiger partial charge is 0.261 e. The highest BCUT2D eigenvalue weighted by Crippen LogP contribution is 2.16. The van der Waals surface area contributed by atoms with Crippen molar-refractivity contribution < 1.29 is 4.39 Å². The molecule has 10 heavy (non-hydrogen) atoms. The molecule has 0 amide bonds. The Bertz CT molecular complexity index is 221. The van der Waals surface area contributed by atoms with E-state index in [9.17, 15) is 4.39 Å². The van der Waals surface area contributed by atoms with Gasteiger partial charge in [0.2, 0.25) is 0 Å². The van der Waals surface area contributed by atoms with Crippen LogP contribution in [0.3, 0.4) is 0 Å². The smallest absolute Gasteiger partial charge is 0.146 e. The van der Waals surface area contributed by atoms with Crippen molar-refractivity contribution in [3.05, 3.63) is 27.3 Å². The molecule has 0 unspecified atom stereocenters. The Balaban J connectivity index is 3.17. The maximum Gasteiger partial charge on any atom is 0.146 e. The summed E-state index contributed by atoms with van der Waals surface area (Å²) in [6.45, 7) is 0. The van der Waals surface area contributed by atoms with Crippen molar-refractivity contribution in [2.45, 2.75) is 5.33 Å². The maximum atomic E-state index is 12.8. The van der Waals surface area contributed by atoms with E-state index < -0.39 is 0 Å². The van der Waals surface area contributed by atoms with E-state index >= 15 is 0 Å². The monoisotopic (exact) mass is 315 g/mol. The van der Waals surface area contributed by atoms with E-state index in [2.05, 4.69) is 43.5 Å². The van der Waals surface area contributed by atoms with Gasteiger partial charge in [-0.15, -0.1) is 0 Å². The topological polar surface area (TPSA) is 12.9 Å². The number of alkyl halides is 1. The quantitative estimate of drug-likeness (QED) is 0.573. The minimum absolute atomic E-state index is 0.247. The summed E-state index contributed by atoms with van der Waals surface area (Å²) in [7, 11) is 0. The summed E-state index contributed by atoms with van der Waals surface area (Å²) in [6, 6.07) is 0. The van der Waals surface area contributed by atoms with Crippen LogP contribution in [0.2, 0.25) is 0 Å². The third-order valence-corrected chi connectivity index (χ3v) is 2.58. The van der Waals surface area contributed by atoms with Gasteiger partial charge in [0.25, 0.3) is 0 Å². The number of hydrogen-bond acceptors (Lipinski definition) is 1. The molecule has 0 aliphatic rings. The summed E-state index contributed by atoms with van der Waals surface area (Å²) in [4.78, 5) is 3.69. The Hall–Kier alpha value is 0.290. The van der Waals surface area contributed by atoms with Crippen molar-refractivity contribution in [3.63, 3.8) is 0 Å². The molecule has 1 heterocycles. The summed E-state index contributed by atoms with van der Waals surface area (Å²) in [6.07, 6.45) is 2.86. The molecule has 0 aliphatic carbocycles. The molecular formula is C6H4BrFIN. The summed E-state index contributed by atoms with van der Waals surface area (Å²) in [5, 5.41) is 0.541. The molecule has 0 radical (unpaired) electrons. The van der Waals surface area contributed by atoms with Gasteiger partial charge in [0.15, 0.2) is 0 Å². The number of halogens is 3. The van der Waals surface area contributed by atoms with E-state index in [0.29, 0.717) is 10.9 Å². The van der Waals surface area contributed by atoms with Gasteiger partial charge in [-0.3, -0.25) is 4.98 Å². The van der Waals surface area contributed by atoms with Crippen LogP contribution in [0.5, 0.6) is 0 Å². The standard InChI is InChI=1S/C6H4BrFIN/c7-1-4-5(8)2-10-3-6(4)9/h2-3H,1H2. The highest BCUT2D eigenvalue weighted by Gasteiger charge is 2.03. The predicted octanol–water partition coefficient (Wildman–Crippen LogP) is 2.72. The zero-order chi connectivity index (χ0) is 7.56. The highest BCUT2D eigenvalue weighted by molar-refractivity contribution is 14.1. The lowest BCUT2D eigenvalue weighted by molar-refractivity contribution is 0.609. The molecule has 0 fully saturated rings. The van der Waals surface area contributed by atoms with E-state index in [-0.39, 0.29) is 5.82 Å². The van der Waals surface area contributed by atoms with Gasteiger partial charge < -0.3 is 0 Å². The molecular weight excluding hydrogens is 312 g/mol. The second kappa shape index (κ2) is 3.61. The minimum atomic E-state index is -0.247. The molecule has 0 aromatic carbocycles. The average molecular weight is 316 g/mol. The first-order chi connectivity index (χ1) is 4.75. The van der Waals surface area contributed by atoms with Crippen molar-refractivity contribution in [2.24, 2.45) is 0 Å². The Labute approximate surface area is 80.3 Å². The predicted molar refractivity (Wildman–Crippen MR) is 49.5 cm³/mol. The Morgan fingerprint density at radius 3 is 2.70 bits per heavy atom. The van der Waals surface area contributed by atoms with Crippen LogP contribution in [0.4, 0.5) is 4.39 Å². The van der Waals surface area contributed by atoms with Gasteiger partial charge in [0.1, 0.15) is 5.82 Å². The fourth-order valence-corrected chi connectivity index (χ4v) is 2.27. The molecule has 0 atom stereocenters. The van der Waals surface area contributed by atoms with Gasteiger partial charge in [0.05, 0.1) is 6.20 Å². The van der Waals surface area contributed by atoms with E-state index in [0.717, 1.165) is 3.57 Å². The molecule has 54 valence electrons. The van der Waals surface area contributed by atoms with Crippen molar-refractivity contribution in [1.82, 2.24) is 4.98 Å². The zero-order valence-electron chi connectivity index (χ0n) is 4.94. The Morgan fingerprint density at radius 2 is 2.30 bits per heavy atom. The van der Waals surface area contributed by atoms with Crippen molar-refractivity contribution in [3.8, 4) is 0 Å². The number of nitrogens with zero attached hydrogens (tertiary/aromatic N) is 1. The fraction of sp³-hybridized carbons (Fsp3) is 0.167. The third kappa shape index (κ3) is 1.66. The average Bonchev–Trinajstić information content (AvgIpc) is 1.88. The van der Waals surface area contributed by atoms with Gasteiger partial charge in [-0.25, -0.2) is 4.39 Å². The molecule has 0 saturated carbocycles. The number of hydrogen-bond donors (Lipinski definition) is 0. The number of rotatable bonds is 1. The van der Waals surface area contributed by atoms with Crippen LogP contribution in [-0.2, 0) is 5.33 Å². The highest BCUT2D eigenvalue weighted by atomic mass is 127. The summed E-state index contributed by atoms with van der Waals surface area (Å²) in [5.74, 6) is -0.247. The number of aromatic nitrogens is 1. The van der Waals surface area contributed by atoms with Crippen molar-refractivity contribution in [2.75, 3.05) is 0 Å². The minimum Gasteiger partial charge on any atom is -0.261 e. The molecule has 0 spiro atoms. The normalized spacial score (nSPS) is 9.90. The summed E-state index contributed by atoms with van der Waals surface area (Å²) >= 11 is 5.24. The van der Waals surface area contributed by atoms with Gasteiger partial charge >= 0.3 is 0 Å². The first-order valence-corrected chi connectivity index (χ1v) is 4.79. The molecule has 1 nitrogen and oxygen atoms in total. The molecule has 1 aromatic heterocycles. The van der Waals surface area contributed by atoms with Crippen LogP contribution < -0.4 is 0 Å². The van der Waals surface area contributed by atoms with E-state index in [1.54, 1.807) is 6.20 Å². The van der Waals surface area contributed by atoms with E-state index in [1.165, 1.54) is 6.20 Å². The summed E-state index contributed by atoms with van der Waals surface area (Å²) in [5.41, 5.74) is 0.676. The molecule has 0 saturated heterocycles. The first kappa shape index (κ1) is 8.39. The lowest BCUT2D eigenvalue weighted by Crippen LogP contribution is -1.91. The molecule has 0 bridgehead atoms. The van der Waals surface area contributed by atoms with Crippen LogP contribution in [0.1, 0.15) is 5.56 Å². The van der Waals surface area contributed by atoms with Crippen LogP contribution >= 0.6 is 38.5 Å². The SMILES string of the molecule is Fc1cncc(I)c1CBr. The second-order valence-electron chi connectivity index (χ2n) is 1.72. The van der Waals surface area contributed by atoms with Crippen LogP contribution in [-0.4, -0.2) is 4.98 Å². The maximum absolute atomic E-state index is 12.8. The molecule has 4 heteroatoms. The lowest BCUT2D eigenvalue weighted by atomic mass is 10.3. The Morgan fingerprint density at radius 1 is 1.60 bits per heavy atom. The first-order valence-electron chi connectivity index (χ1n) is 2.59. The van der Waals surface area contributed by atoms with E-state index in [4.69, 9.17) is 0 Å². The third-order valence-electron chi connectivity index (χ3n) is 1.09. The van der Waals surface area contributed by atoms with Gasteiger partial charge in [-0.1, -0.05) is 15.9 Å². The summed E-state index contributed by atoms with van der Waals surface area (Å²) < 4.78 is 13.6. The second-order valence-corrected chi connectivity index (χ2v) is 3.44. The molecule has 1 aromatic rings.